The number of aromatic nitrogens is 5. The molecule has 5 nitrogen and oxygen atoms in total. The maximum atomic E-state index is 4.49. The molecule has 0 spiro atoms. The minimum Gasteiger partial charge on any atom is -0.282 e. The predicted molar refractivity (Wildman–Crippen MR) is 120 cm³/mol. The van der Waals surface area contributed by atoms with E-state index in [0.29, 0.717) is 0 Å². The number of thioether (sulfide) groups is 2. The molecule has 3 aromatic heterocycles. The molecule has 0 aliphatic rings. The van der Waals surface area contributed by atoms with Crippen LogP contribution in [0.3, 0.4) is 0 Å². The van der Waals surface area contributed by atoms with Crippen LogP contribution in [0.1, 0.15) is 23.0 Å². The molecule has 1 aromatic carbocycles. The number of benzene rings is 1. The Balaban J connectivity index is 1.46. The Morgan fingerprint density at radius 2 is 1.10 bits per heavy atom. The van der Waals surface area contributed by atoms with Crippen molar-refractivity contribution in [2.24, 2.45) is 0 Å². The molecule has 29 heavy (non-hydrogen) atoms. The molecule has 0 saturated carbocycles. The zero-order chi connectivity index (χ0) is 19.7. The molecule has 3 heterocycles. The van der Waals surface area contributed by atoms with Crippen molar-refractivity contribution in [2.75, 3.05) is 0 Å². The smallest absolute Gasteiger partial charge is 0.147 e. The van der Waals surface area contributed by atoms with Crippen molar-refractivity contribution >= 4 is 23.5 Å². The summed E-state index contributed by atoms with van der Waals surface area (Å²) in [6.45, 7) is 0. The number of nitrogens with zero attached hydrogens (tertiary/aromatic N) is 5. The van der Waals surface area contributed by atoms with Crippen molar-refractivity contribution in [3.8, 4) is 5.69 Å². The Bertz CT molecular complexity index is 944. The van der Waals surface area contributed by atoms with Gasteiger partial charge in [-0.1, -0.05) is 30.3 Å². The van der Waals surface area contributed by atoms with Gasteiger partial charge in [-0.05, 0) is 36.4 Å². The Kier molecular flexibility index (Phi) is 6.94. The summed E-state index contributed by atoms with van der Waals surface area (Å²) in [5.74, 6) is 5.20. The summed E-state index contributed by atoms with van der Waals surface area (Å²) in [6.07, 6.45) is 3.67. The van der Waals surface area contributed by atoms with E-state index in [-0.39, 0.29) is 0 Å². The Morgan fingerprint density at radius 1 is 0.586 bits per heavy atom. The number of hydrogen-bond acceptors (Lipinski definition) is 6. The molecule has 4 rings (SSSR count). The van der Waals surface area contributed by atoms with Gasteiger partial charge in [0.05, 0.1) is 22.9 Å². The molecule has 0 unspecified atom stereocenters. The largest absolute Gasteiger partial charge is 0.282 e. The van der Waals surface area contributed by atoms with Crippen molar-refractivity contribution in [1.82, 2.24) is 24.7 Å². The lowest BCUT2D eigenvalue weighted by atomic mass is 10.3. The number of para-hydroxylation sites is 1. The summed E-state index contributed by atoms with van der Waals surface area (Å²) < 4.78 is 2.18. The Morgan fingerprint density at radius 3 is 1.59 bits per heavy atom. The molecule has 0 saturated heterocycles. The van der Waals surface area contributed by atoms with Crippen LogP contribution in [-0.4, -0.2) is 24.7 Å². The van der Waals surface area contributed by atoms with E-state index in [9.17, 15) is 0 Å². The van der Waals surface area contributed by atoms with E-state index in [0.717, 1.165) is 51.7 Å². The third kappa shape index (κ3) is 5.46. The minimum atomic E-state index is 0.781. The van der Waals surface area contributed by atoms with Crippen molar-refractivity contribution in [1.29, 1.82) is 0 Å². The molecule has 146 valence electrons. The van der Waals surface area contributed by atoms with Gasteiger partial charge in [0.25, 0.3) is 0 Å². The van der Waals surface area contributed by atoms with Crippen molar-refractivity contribution in [3.63, 3.8) is 0 Å². The van der Waals surface area contributed by atoms with Gasteiger partial charge in [0, 0.05) is 29.6 Å². The van der Waals surface area contributed by atoms with E-state index in [1.165, 1.54) is 0 Å². The van der Waals surface area contributed by atoms with Crippen LogP contribution in [-0.2, 0) is 23.0 Å². The lowest BCUT2D eigenvalue weighted by molar-refractivity contribution is 0.919. The zero-order valence-electron chi connectivity index (χ0n) is 15.9. The van der Waals surface area contributed by atoms with E-state index in [2.05, 4.69) is 49.0 Å². The molecule has 0 fully saturated rings. The van der Waals surface area contributed by atoms with Crippen LogP contribution < -0.4 is 0 Å². The molecule has 7 heteroatoms. The third-order valence-electron chi connectivity index (χ3n) is 4.23. The molecule has 0 aliphatic heterocycles. The van der Waals surface area contributed by atoms with Gasteiger partial charge in [-0.3, -0.25) is 14.5 Å². The van der Waals surface area contributed by atoms with Gasteiger partial charge in [0.1, 0.15) is 11.6 Å². The first-order valence-electron chi connectivity index (χ1n) is 9.34. The number of rotatable bonds is 9. The second kappa shape index (κ2) is 10.2. The highest BCUT2D eigenvalue weighted by Crippen LogP contribution is 2.23. The van der Waals surface area contributed by atoms with Crippen molar-refractivity contribution in [2.45, 2.75) is 23.0 Å². The highest BCUT2D eigenvalue weighted by molar-refractivity contribution is 7.97. The summed E-state index contributed by atoms with van der Waals surface area (Å²) in [4.78, 5) is 8.78. The van der Waals surface area contributed by atoms with Crippen LogP contribution >= 0.6 is 23.5 Å². The lowest BCUT2D eigenvalue weighted by Crippen LogP contribution is -2.04. The van der Waals surface area contributed by atoms with E-state index in [4.69, 9.17) is 0 Å². The Labute approximate surface area is 179 Å². The maximum absolute atomic E-state index is 4.49. The fourth-order valence-electron chi connectivity index (χ4n) is 2.88. The second-order valence-electron chi connectivity index (χ2n) is 6.33. The molecule has 4 aromatic rings. The van der Waals surface area contributed by atoms with Crippen LogP contribution in [0.4, 0.5) is 0 Å². The molecule has 0 atom stereocenters. The molecular weight excluding hydrogens is 398 g/mol. The van der Waals surface area contributed by atoms with Crippen LogP contribution in [0.15, 0.2) is 79.1 Å². The number of hydrogen-bond donors (Lipinski definition) is 0. The SMILES string of the molecule is c1ccc(-n2c(CSCc3ccccn3)nnc2CSCc2ccccn2)cc1. The van der Waals surface area contributed by atoms with Crippen LogP contribution in [0.25, 0.3) is 5.69 Å². The topological polar surface area (TPSA) is 56.5 Å². The van der Waals surface area contributed by atoms with Crippen LogP contribution in [0.2, 0.25) is 0 Å². The van der Waals surface area contributed by atoms with Gasteiger partial charge in [-0.15, -0.1) is 33.7 Å². The first-order valence-corrected chi connectivity index (χ1v) is 11.6. The van der Waals surface area contributed by atoms with E-state index >= 15 is 0 Å². The van der Waals surface area contributed by atoms with Crippen molar-refractivity contribution in [3.05, 3.63) is 102 Å². The summed E-state index contributed by atoms with van der Waals surface area (Å²) in [6, 6.07) is 22.3. The molecule has 0 aliphatic carbocycles. The maximum Gasteiger partial charge on any atom is 0.147 e. The molecular formula is C22H21N5S2. The Hall–Kier alpha value is -2.64. The standard InChI is InChI=1S/C22H21N5S2/c1-2-10-20(11-3-1)27-21(16-28-14-18-8-4-6-12-23-18)25-26-22(27)17-29-15-19-9-5-7-13-24-19/h1-13H,14-17H2. The zero-order valence-corrected chi connectivity index (χ0v) is 17.5. The molecule has 0 radical (unpaired) electrons. The molecule has 0 amide bonds. The second-order valence-corrected chi connectivity index (χ2v) is 8.30. The van der Waals surface area contributed by atoms with E-state index < -0.39 is 0 Å². The summed E-state index contributed by atoms with van der Waals surface area (Å²) in [7, 11) is 0. The van der Waals surface area contributed by atoms with Gasteiger partial charge in [0.2, 0.25) is 0 Å². The van der Waals surface area contributed by atoms with E-state index in [1.807, 2.05) is 54.9 Å². The number of pyridine rings is 2. The third-order valence-corrected chi connectivity index (χ3v) is 6.15. The fraction of sp³-hybridized carbons (Fsp3) is 0.182. The average Bonchev–Trinajstić information content (AvgIpc) is 3.18. The van der Waals surface area contributed by atoms with Gasteiger partial charge < -0.3 is 0 Å². The van der Waals surface area contributed by atoms with Gasteiger partial charge in [-0.2, -0.15) is 0 Å². The van der Waals surface area contributed by atoms with Gasteiger partial charge >= 0.3 is 0 Å². The van der Waals surface area contributed by atoms with Gasteiger partial charge in [0.15, 0.2) is 0 Å². The normalized spacial score (nSPS) is 10.9. The van der Waals surface area contributed by atoms with Crippen molar-refractivity contribution < 1.29 is 0 Å². The summed E-state index contributed by atoms with van der Waals surface area (Å²) >= 11 is 3.60. The van der Waals surface area contributed by atoms with E-state index in [1.54, 1.807) is 23.5 Å². The highest BCUT2D eigenvalue weighted by atomic mass is 32.2. The average molecular weight is 420 g/mol. The van der Waals surface area contributed by atoms with Crippen LogP contribution in [0.5, 0.6) is 0 Å². The highest BCUT2D eigenvalue weighted by Gasteiger charge is 2.14. The summed E-state index contributed by atoms with van der Waals surface area (Å²) in [5.41, 5.74) is 3.25. The quantitative estimate of drug-likeness (QED) is 0.384. The monoisotopic (exact) mass is 419 g/mol. The first-order chi connectivity index (χ1) is 14.4. The fourth-order valence-corrected chi connectivity index (χ4v) is 4.58. The lowest BCUT2D eigenvalue weighted by Gasteiger charge is -2.10. The summed E-state index contributed by atoms with van der Waals surface area (Å²) in [5, 5.41) is 8.98. The minimum absolute atomic E-state index is 0.781. The first kappa shape index (κ1) is 19.7. The molecule has 0 bridgehead atoms. The van der Waals surface area contributed by atoms with Gasteiger partial charge in [-0.25, -0.2) is 0 Å². The van der Waals surface area contributed by atoms with Crippen LogP contribution in [0, 0.1) is 0 Å². The molecule has 0 N–H and O–H groups in total. The predicted octanol–water partition coefficient (Wildman–Crippen LogP) is 4.92.